The Morgan fingerprint density at radius 3 is 2.59 bits per heavy atom. The summed E-state index contributed by atoms with van der Waals surface area (Å²) < 4.78 is 4.69. The molecule has 1 saturated heterocycles. The number of nitrogens with one attached hydrogen (secondary N) is 1. The lowest BCUT2D eigenvalue weighted by molar-refractivity contribution is -0.142. The number of rotatable bonds is 8. The normalized spacial score (nSPS) is 15.7. The van der Waals surface area contributed by atoms with E-state index in [4.69, 9.17) is 27.9 Å². The second-order valence-corrected chi connectivity index (χ2v) is 8.25. The molecule has 1 fully saturated rings. The number of ketones is 1. The van der Waals surface area contributed by atoms with E-state index < -0.39 is 29.5 Å². The van der Waals surface area contributed by atoms with E-state index in [1.165, 1.54) is 12.0 Å². The van der Waals surface area contributed by atoms with Crippen molar-refractivity contribution in [2.45, 2.75) is 19.4 Å². The van der Waals surface area contributed by atoms with Gasteiger partial charge in [-0.25, -0.2) is 4.79 Å². The van der Waals surface area contributed by atoms with Gasteiger partial charge in [0.2, 0.25) is 11.7 Å². The second kappa shape index (κ2) is 10.6. The van der Waals surface area contributed by atoms with Crippen molar-refractivity contribution in [3.05, 3.63) is 69.2 Å². The second-order valence-electron chi connectivity index (χ2n) is 7.44. The zero-order valence-electron chi connectivity index (χ0n) is 17.4. The highest BCUT2D eigenvalue weighted by Gasteiger charge is 2.42. The van der Waals surface area contributed by atoms with Crippen molar-refractivity contribution in [1.82, 2.24) is 10.2 Å². The van der Waals surface area contributed by atoms with Crippen LogP contribution in [0.1, 0.15) is 27.9 Å². The molecular weight excluding hydrogens is 455 g/mol. The summed E-state index contributed by atoms with van der Waals surface area (Å²) in [5.41, 5.74) is 2.00. The average Bonchev–Trinajstić information content (AvgIpc) is 3.07. The molecule has 1 atom stereocenters. The van der Waals surface area contributed by atoms with Gasteiger partial charge in [-0.05, 0) is 48.2 Å². The van der Waals surface area contributed by atoms with Crippen LogP contribution < -0.4 is 5.32 Å². The fraction of sp³-hybridized carbons (Fsp3) is 0.304. The molecule has 1 aliphatic heterocycles. The summed E-state index contributed by atoms with van der Waals surface area (Å²) in [7, 11) is 1.28. The van der Waals surface area contributed by atoms with E-state index >= 15 is 0 Å². The highest BCUT2D eigenvalue weighted by atomic mass is 35.5. The fourth-order valence-electron chi connectivity index (χ4n) is 3.49. The summed E-state index contributed by atoms with van der Waals surface area (Å²) in [4.78, 5) is 50.2. The standard InChI is InChI=1S/C23H22Cl2N2O5/c1-32-23(31)16-6-2-4-15(10-16)12-27-13-17(20(28)22(27)30)21(29)26-9-3-5-14-7-8-18(24)19(25)11-14/h2,4,6-8,10-11,17H,3,5,9,12-13H2,1H3,(H,26,29). The average molecular weight is 477 g/mol. The first-order valence-corrected chi connectivity index (χ1v) is 10.8. The molecule has 0 spiro atoms. The van der Waals surface area contributed by atoms with Crippen LogP contribution in [0.2, 0.25) is 10.0 Å². The Bertz CT molecular complexity index is 1060. The Morgan fingerprint density at radius 2 is 1.88 bits per heavy atom. The predicted octanol–water partition coefficient (Wildman–Crippen LogP) is 3.06. The van der Waals surface area contributed by atoms with Crippen molar-refractivity contribution < 1.29 is 23.9 Å². The number of ether oxygens (including phenoxy) is 1. The molecule has 2 amide bonds. The van der Waals surface area contributed by atoms with Gasteiger partial charge in [-0.2, -0.15) is 0 Å². The summed E-state index contributed by atoms with van der Waals surface area (Å²) in [5.74, 6) is -3.44. The maximum atomic E-state index is 12.5. The molecule has 0 aromatic heterocycles. The van der Waals surface area contributed by atoms with E-state index in [0.717, 1.165) is 5.56 Å². The first kappa shape index (κ1) is 23.8. The number of Topliss-reactive ketones (excluding diaryl/α,β-unsaturated/α-hetero) is 1. The van der Waals surface area contributed by atoms with Gasteiger partial charge in [0.05, 0.1) is 22.7 Å². The SMILES string of the molecule is COC(=O)c1cccc(CN2CC(C(=O)NCCCc3ccc(Cl)c(Cl)c3)C(=O)C2=O)c1. The summed E-state index contributed by atoms with van der Waals surface area (Å²) >= 11 is 11.9. The summed E-state index contributed by atoms with van der Waals surface area (Å²) in [6.07, 6.45) is 1.32. The third-order valence-corrected chi connectivity index (χ3v) is 5.92. The van der Waals surface area contributed by atoms with Crippen LogP contribution in [0.5, 0.6) is 0 Å². The summed E-state index contributed by atoms with van der Waals surface area (Å²) in [6, 6.07) is 12.0. The Kier molecular flexibility index (Phi) is 7.88. The van der Waals surface area contributed by atoms with Gasteiger partial charge in [0, 0.05) is 19.6 Å². The largest absolute Gasteiger partial charge is 0.465 e. The van der Waals surface area contributed by atoms with E-state index in [1.807, 2.05) is 6.07 Å². The van der Waals surface area contributed by atoms with Crippen LogP contribution >= 0.6 is 23.2 Å². The fourth-order valence-corrected chi connectivity index (χ4v) is 3.81. The molecule has 3 rings (SSSR count). The molecule has 0 radical (unpaired) electrons. The number of amides is 2. The maximum Gasteiger partial charge on any atom is 0.337 e. The highest BCUT2D eigenvalue weighted by Crippen LogP contribution is 2.23. The van der Waals surface area contributed by atoms with Crippen LogP contribution in [0.4, 0.5) is 0 Å². The van der Waals surface area contributed by atoms with E-state index in [-0.39, 0.29) is 13.1 Å². The van der Waals surface area contributed by atoms with Gasteiger partial charge in [-0.15, -0.1) is 0 Å². The highest BCUT2D eigenvalue weighted by molar-refractivity contribution is 6.42. The first-order chi connectivity index (χ1) is 15.3. The van der Waals surface area contributed by atoms with Gasteiger partial charge >= 0.3 is 5.97 Å². The van der Waals surface area contributed by atoms with E-state index in [0.29, 0.717) is 40.6 Å². The molecule has 1 unspecified atom stereocenters. The molecule has 0 aliphatic carbocycles. The predicted molar refractivity (Wildman–Crippen MR) is 119 cm³/mol. The van der Waals surface area contributed by atoms with E-state index in [2.05, 4.69) is 5.32 Å². The lowest BCUT2D eigenvalue weighted by atomic mass is 10.1. The number of nitrogens with zero attached hydrogens (tertiary/aromatic N) is 1. The molecule has 9 heteroatoms. The quantitative estimate of drug-likeness (QED) is 0.273. The van der Waals surface area contributed by atoms with Crippen molar-refractivity contribution in [2.24, 2.45) is 5.92 Å². The Morgan fingerprint density at radius 1 is 1.09 bits per heavy atom. The minimum absolute atomic E-state index is 0.00125. The van der Waals surface area contributed by atoms with Gasteiger partial charge in [-0.1, -0.05) is 41.4 Å². The van der Waals surface area contributed by atoms with Crippen molar-refractivity contribution in [1.29, 1.82) is 0 Å². The number of hydrogen-bond acceptors (Lipinski definition) is 5. The van der Waals surface area contributed by atoms with E-state index in [9.17, 15) is 19.2 Å². The third-order valence-electron chi connectivity index (χ3n) is 5.18. The Balaban J connectivity index is 1.52. The molecular formula is C23H22Cl2N2O5. The Labute approximate surface area is 195 Å². The molecule has 1 aliphatic rings. The lowest BCUT2D eigenvalue weighted by Crippen LogP contribution is -2.36. The van der Waals surface area contributed by atoms with Crippen LogP contribution in [-0.4, -0.2) is 48.7 Å². The third kappa shape index (κ3) is 5.66. The van der Waals surface area contributed by atoms with Crippen LogP contribution in [-0.2, 0) is 32.1 Å². The topological polar surface area (TPSA) is 92.8 Å². The number of aryl methyl sites for hydroxylation is 1. The molecule has 168 valence electrons. The zero-order chi connectivity index (χ0) is 23.3. The monoisotopic (exact) mass is 476 g/mol. The van der Waals surface area contributed by atoms with Crippen LogP contribution in [0, 0.1) is 5.92 Å². The minimum atomic E-state index is -1.05. The number of benzene rings is 2. The zero-order valence-corrected chi connectivity index (χ0v) is 18.9. The number of methoxy groups -OCH3 is 1. The van der Waals surface area contributed by atoms with E-state index in [1.54, 1.807) is 36.4 Å². The molecule has 32 heavy (non-hydrogen) atoms. The summed E-state index contributed by atoms with van der Waals surface area (Å²) in [5, 5.41) is 3.68. The number of halogens is 2. The van der Waals surface area contributed by atoms with Gasteiger partial charge in [0.25, 0.3) is 5.91 Å². The molecule has 0 bridgehead atoms. The van der Waals surface area contributed by atoms with Gasteiger partial charge in [0.1, 0.15) is 5.92 Å². The molecule has 1 heterocycles. The molecule has 7 nitrogen and oxygen atoms in total. The van der Waals surface area contributed by atoms with Crippen molar-refractivity contribution in [3.63, 3.8) is 0 Å². The Hall–Kier alpha value is -2.90. The number of hydrogen-bond donors (Lipinski definition) is 1. The molecule has 1 N–H and O–H groups in total. The lowest BCUT2D eigenvalue weighted by Gasteiger charge is -2.16. The first-order valence-electron chi connectivity index (χ1n) is 10.0. The smallest absolute Gasteiger partial charge is 0.337 e. The number of likely N-dealkylation sites (tertiary alicyclic amines) is 1. The van der Waals surface area contributed by atoms with Gasteiger partial charge in [-0.3, -0.25) is 14.4 Å². The van der Waals surface area contributed by atoms with Gasteiger partial charge < -0.3 is 15.0 Å². The van der Waals surface area contributed by atoms with Crippen molar-refractivity contribution in [2.75, 3.05) is 20.2 Å². The van der Waals surface area contributed by atoms with Crippen molar-refractivity contribution >= 4 is 46.8 Å². The van der Waals surface area contributed by atoms with Crippen LogP contribution in [0.15, 0.2) is 42.5 Å². The van der Waals surface area contributed by atoms with Crippen LogP contribution in [0.25, 0.3) is 0 Å². The van der Waals surface area contributed by atoms with Crippen molar-refractivity contribution in [3.8, 4) is 0 Å². The van der Waals surface area contributed by atoms with Crippen LogP contribution in [0.3, 0.4) is 0 Å². The molecule has 2 aromatic rings. The van der Waals surface area contributed by atoms with Gasteiger partial charge in [0.15, 0.2) is 0 Å². The summed E-state index contributed by atoms with van der Waals surface area (Å²) in [6.45, 7) is 0.480. The molecule has 0 saturated carbocycles. The maximum absolute atomic E-state index is 12.5. The minimum Gasteiger partial charge on any atom is -0.465 e. The number of carbonyl (C=O) groups excluding carboxylic acids is 4. The molecule has 2 aromatic carbocycles. The number of esters is 1. The number of carbonyl (C=O) groups is 4.